The second-order valence-electron chi connectivity index (χ2n) is 4.86. The number of aromatic carboxylic acids is 1. The zero-order chi connectivity index (χ0) is 15.1. The van der Waals surface area contributed by atoms with Gasteiger partial charge in [-0.25, -0.2) is 14.8 Å². The van der Waals surface area contributed by atoms with Gasteiger partial charge >= 0.3 is 5.97 Å². The lowest BCUT2D eigenvalue weighted by Gasteiger charge is -2.04. The minimum Gasteiger partial charge on any atom is -0.476 e. The summed E-state index contributed by atoms with van der Waals surface area (Å²) < 4.78 is 5.73. The third kappa shape index (κ3) is 1.91. The standard InChI is InChI=1S/C17H10N2O3/c20-17(21)16-15(18-11-6-2-3-7-12(11)19-16)14-9-10-5-1-4-8-13(10)22-14/h1-9H,(H,20,21). The van der Waals surface area contributed by atoms with E-state index in [1.807, 2.05) is 30.3 Å². The number of benzene rings is 2. The lowest BCUT2D eigenvalue weighted by molar-refractivity contribution is 0.0691. The van der Waals surface area contributed by atoms with E-state index in [1.54, 1.807) is 24.3 Å². The molecule has 0 saturated carbocycles. The van der Waals surface area contributed by atoms with Crippen LogP contribution < -0.4 is 0 Å². The molecule has 4 rings (SSSR count). The Balaban J connectivity index is 2.03. The zero-order valence-electron chi connectivity index (χ0n) is 11.4. The Morgan fingerprint density at radius 1 is 0.955 bits per heavy atom. The smallest absolute Gasteiger partial charge is 0.356 e. The van der Waals surface area contributed by atoms with E-state index in [0.29, 0.717) is 22.4 Å². The maximum absolute atomic E-state index is 11.5. The molecule has 106 valence electrons. The van der Waals surface area contributed by atoms with Gasteiger partial charge in [0.15, 0.2) is 11.5 Å². The van der Waals surface area contributed by atoms with Gasteiger partial charge in [-0.3, -0.25) is 0 Å². The minimum atomic E-state index is -1.13. The fraction of sp³-hybridized carbons (Fsp3) is 0. The first-order valence-corrected chi connectivity index (χ1v) is 6.71. The van der Waals surface area contributed by atoms with Crippen molar-refractivity contribution < 1.29 is 14.3 Å². The summed E-state index contributed by atoms with van der Waals surface area (Å²) in [5.41, 5.74) is 1.98. The van der Waals surface area contributed by atoms with Crippen molar-refractivity contribution in [2.45, 2.75) is 0 Å². The lowest BCUT2D eigenvalue weighted by Crippen LogP contribution is -2.05. The van der Waals surface area contributed by atoms with Crippen LogP contribution in [-0.4, -0.2) is 21.0 Å². The van der Waals surface area contributed by atoms with Crippen LogP contribution in [0.1, 0.15) is 10.5 Å². The Kier molecular flexibility index (Phi) is 2.66. The molecule has 2 aromatic carbocycles. The van der Waals surface area contributed by atoms with E-state index in [0.717, 1.165) is 5.39 Å². The van der Waals surface area contributed by atoms with Gasteiger partial charge in [-0.05, 0) is 24.3 Å². The molecule has 5 heteroatoms. The normalized spacial score (nSPS) is 11.1. The molecule has 0 spiro atoms. The van der Waals surface area contributed by atoms with Crippen LogP contribution in [0.2, 0.25) is 0 Å². The van der Waals surface area contributed by atoms with Crippen molar-refractivity contribution in [3.05, 3.63) is 60.3 Å². The number of hydrogen-bond donors (Lipinski definition) is 1. The van der Waals surface area contributed by atoms with Gasteiger partial charge in [0, 0.05) is 5.39 Å². The first-order valence-electron chi connectivity index (χ1n) is 6.71. The monoisotopic (exact) mass is 290 g/mol. The van der Waals surface area contributed by atoms with E-state index in [4.69, 9.17) is 4.42 Å². The summed E-state index contributed by atoms with van der Waals surface area (Å²) >= 11 is 0. The fourth-order valence-corrected chi connectivity index (χ4v) is 2.42. The van der Waals surface area contributed by atoms with Gasteiger partial charge in [0.25, 0.3) is 0 Å². The third-order valence-electron chi connectivity index (χ3n) is 3.43. The van der Waals surface area contributed by atoms with E-state index in [1.165, 1.54) is 0 Å². The number of carboxylic acids is 1. The molecule has 1 N–H and O–H groups in total. The fourth-order valence-electron chi connectivity index (χ4n) is 2.42. The number of carboxylic acid groups (broad SMARTS) is 1. The van der Waals surface area contributed by atoms with Crippen LogP contribution in [-0.2, 0) is 0 Å². The Morgan fingerprint density at radius 3 is 2.36 bits per heavy atom. The van der Waals surface area contributed by atoms with Gasteiger partial charge in [-0.1, -0.05) is 30.3 Å². The molecule has 5 nitrogen and oxygen atoms in total. The molecule has 0 radical (unpaired) electrons. The van der Waals surface area contributed by atoms with Gasteiger partial charge in [0.1, 0.15) is 11.3 Å². The quantitative estimate of drug-likeness (QED) is 0.608. The maximum Gasteiger partial charge on any atom is 0.356 e. The summed E-state index contributed by atoms with van der Waals surface area (Å²) in [4.78, 5) is 20.1. The number of aromatic nitrogens is 2. The number of hydrogen-bond acceptors (Lipinski definition) is 4. The second-order valence-corrected chi connectivity index (χ2v) is 4.86. The third-order valence-corrected chi connectivity index (χ3v) is 3.43. The van der Waals surface area contributed by atoms with Crippen molar-refractivity contribution in [1.29, 1.82) is 0 Å². The average molecular weight is 290 g/mol. The highest BCUT2D eigenvalue weighted by molar-refractivity contribution is 5.96. The second kappa shape index (κ2) is 4.66. The molecular formula is C17H10N2O3. The lowest BCUT2D eigenvalue weighted by atomic mass is 10.2. The average Bonchev–Trinajstić information content (AvgIpc) is 2.97. The highest BCUT2D eigenvalue weighted by Crippen LogP contribution is 2.29. The van der Waals surface area contributed by atoms with Crippen LogP contribution in [0.15, 0.2) is 59.0 Å². The summed E-state index contributed by atoms with van der Waals surface area (Å²) in [7, 11) is 0. The molecule has 0 aliphatic heterocycles. The first-order chi connectivity index (χ1) is 10.7. The molecular weight excluding hydrogens is 280 g/mol. The number of fused-ring (bicyclic) bond motifs is 2. The van der Waals surface area contributed by atoms with Crippen molar-refractivity contribution in [1.82, 2.24) is 9.97 Å². The van der Waals surface area contributed by atoms with E-state index >= 15 is 0 Å². The van der Waals surface area contributed by atoms with Gasteiger partial charge in [-0.2, -0.15) is 0 Å². The maximum atomic E-state index is 11.5. The predicted octanol–water partition coefficient (Wildman–Crippen LogP) is 3.74. The molecule has 22 heavy (non-hydrogen) atoms. The number of rotatable bonds is 2. The molecule has 0 bridgehead atoms. The van der Waals surface area contributed by atoms with Crippen molar-refractivity contribution in [3.63, 3.8) is 0 Å². The Bertz CT molecular complexity index is 988. The van der Waals surface area contributed by atoms with Crippen molar-refractivity contribution >= 4 is 28.0 Å². The van der Waals surface area contributed by atoms with Crippen molar-refractivity contribution in [3.8, 4) is 11.5 Å². The zero-order valence-corrected chi connectivity index (χ0v) is 11.4. The van der Waals surface area contributed by atoms with Crippen LogP contribution in [0.4, 0.5) is 0 Å². The molecule has 2 aromatic heterocycles. The number of para-hydroxylation sites is 3. The Labute approximate surface area is 124 Å². The Morgan fingerprint density at radius 2 is 1.64 bits per heavy atom. The summed E-state index contributed by atoms with van der Waals surface area (Å²) in [6, 6.07) is 16.4. The van der Waals surface area contributed by atoms with Crippen LogP contribution in [0.25, 0.3) is 33.5 Å². The van der Waals surface area contributed by atoms with Gasteiger partial charge < -0.3 is 9.52 Å². The van der Waals surface area contributed by atoms with Crippen LogP contribution in [0.5, 0.6) is 0 Å². The summed E-state index contributed by atoms with van der Waals surface area (Å²) in [6.45, 7) is 0. The topological polar surface area (TPSA) is 76.2 Å². The largest absolute Gasteiger partial charge is 0.476 e. The van der Waals surface area contributed by atoms with Crippen molar-refractivity contribution in [2.24, 2.45) is 0 Å². The summed E-state index contributed by atoms with van der Waals surface area (Å²) in [5, 5.41) is 10.3. The Hall–Kier alpha value is -3.21. The highest BCUT2D eigenvalue weighted by Gasteiger charge is 2.19. The van der Waals surface area contributed by atoms with Gasteiger partial charge in [0.05, 0.1) is 11.0 Å². The van der Waals surface area contributed by atoms with Crippen LogP contribution in [0.3, 0.4) is 0 Å². The molecule has 0 amide bonds. The molecule has 0 aliphatic carbocycles. The van der Waals surface area contributed by atoms with Crippen LogP contribution in [0, 0.1) is 0 Å². The molecule has 0 unspecified atom stereocenters. The van der Waals surface area contributed by atoms with Crippen molar-refractivity contribution in [2.75, 3.05) is 0 Å². The number of nitrogens with zero attached hydrogens (tertiary/aromatic N) is 2. The van der Waals surface area contributed by atoms with E-state index in [-0.39, 0.29) is 11.4 Å². The predicted molar refractivity (Wildman–Crippen MR) is 81.7 cm³/mol. The van der Waals surface area contributed by atoms with E-state index in [9.17, 15) is 9.90 Å². The van der Waals surface area contributed by atoms with Gasteiger partial charge in [0.2, 0.25) is 0 Å². The molecule has 4 aromatic rings. The molecule has 0 aliphatic rings. The molecule has 2 heterocycles. The molecule has 0 atom stereocenters. The summed E-state index contributed by atoms with van der Waals surface area (Å²) in [6.07, 6.45) is 0. The minimum absolute atomic E-state index is 0.113. The molecule has 0 saturated heterocycles. The number of carbonyl (C=O) groups is 1. The summed E-state index contributed by atoms with van der Waals surface area (Å²) in [5.74, 6) is -0.731. The highest BCUT2D eigenvalue weighted by atomic mass is 16.4. The van der Waals surface area contributed by atoms with E-state index in [2.05, 4.69) is 9.97 Å². The number of furan rings is 1. The molecule has 0 fully saturated rings. The SMILES string of the molecule is O=C(O)c1nc2ccccc2nc1-c1cc2ccccc2o1. The van der Waals surface area contributed by atoms with Crippen LogP contribution >= 0.6 is 0 Å². The van der Waals surface area contributed by atoms with Gasteiger partial charge in [-0.15, -0.1) is 0 Å². The van der Waals surface area contributed by atoms with E-state index < -0.39 is 5.97 Å². The first kappa shape index (κ1) is 12.5.